The average Bonchev–Trinajstić information content (AvgIpc) is 3.29. The molecule has 2 bridgehead atoms. The first kappa shape index (κ1) is 30.7. The number of anilines is 2. The highest BCUT2D eigenvalue weighted by atomic mass is 35.5. The molecule has 4 aromatic rings. The van der Waals surface area contributed by atoms with Crippen LogP contribution in [-0.2, 0) is 4.74 Å². The summed E-state index contributed by atoms with van der Waals surface area (Å²) < 4.78 is 22.8. The summed E-state index contributed by atoms with van der Waals surface area (Å²) in [5.74, 6) is 0.571. The maximum Gasteiger partial charge on any atom is 0.410 e. The number of carbonyl (C=O) groups excluding carboxylic acids is 1. The minimum Gasteiger partial charge on any atom is -0.508 e. The number of hydrogen-bond acceptors (Lipinski definition) is 8. The maximum absolute atomic E-state index is 17.0. The van der Waals surface area contributed by atoms with Crippen LogP contribution in [0.1, 0.15) is 40.0 Å². The molecule has 242 valence electrons. The number of phenolic OH excluding ortho intramolecular Hbond substituents is 1. The summed E-state index contributed by atoms with van der Waals surface area (Å²) in [7, 11) is 4.10. The second-order valence-corrected chi connectivity index (χ2v) is 14.5. The summed E-state index contributed by atoms with van der Waals surface area (Å²) in [6.45, 7) is 8.15. The van der Waals surface area contributed by atoms with E-state index < -0.39 is 11.4 Å². The molecule has 1 N–H and O–H groups in total. The number of fused-ring (bicyclic) bond motifs is 6. The number of ether oxygens (including phenoxy) is 1. The van der Waals surface area contributed by atoms with Crippen LogP contribution in [0.2, 0.25) is 5.02 Å². The van der Waals surface area contributed by atoms with E-state index >= 15 is 4.39 Å². The number of carbonyl (C=O) groups is 1. The molecule has 2 atom stereocenters. The summed E-state index contributed by atoms with van der Waals surface area (Å²) in [5, 5.41) is 12.9. The third-order valence-electron chi connectivity index (χ3n) is 9.51. The van der Waals surface area contributed by atoms with Crippen molar-refractivity contribution in [3.63, 3.8) is 0 Å². The third kappa shape index (κ3) is 5.45. The fraction of sp³-hybridized carbons (Fsp3) is 0.457. The largest absolute Gasteiger partial charge is 0.508 e. The molecule has 8 rings (SSSR count). The SMILES string of the molecule is CN(C)C1CN(c2nc(N3CC4CCCC3CN4C(=O)OC(C)(C)C)c3cc(Cl)c(-c4cc(O)cc5ccccc45)c(F)c3n2)C1. The van der Waals surface area contributed by atoms with Crippen molar-refractivity contribution in [2.75, 3.05) is 50.1 Å². The molecule has 4 aliphatic rings. The summed E-state index contributed by atoms with van der Waals surface area (Å²) in [6.07, 6.45) is 2.38. The number of likely N-dealkylation sites (N-methyl/N-ethyl adjacent to an activating group) is 1. The quantitative estimate of drug-likeness (QED) is 0.263. The average molecular weight is 647 g/mol. The molecular weight excluding hydrogens is 607 g/mol. The summed E-state index contributed by atoms with van der Waals surface area (Å²) in [4.78, 5) is 31.5. The molecule has 1 aromatic heterocycles. The van der Waals surface area contributed by atoms with Crippen molar-refractivity contribution in [2.45, 2.75) is 63.8 Å². The Balaban J connectivity index is 1.37. The zero-order valence-corrected chi connectivity index (χ0v) is 27.7. The number of halogens is 2. The molecule has 2 unspecified atom stereocenters. The predicted molar refractivity (Wildman–Crippen MR) is 181 cm³/mol. The van der Waals surface area contributed by atoms with E-state index in [1.54, 1.807) is 18.2 Å². The normalized spacial score (nSPS) is 20.5. The Kier molecular flexibility index (Phi) is 7.63. The van der Waals surface area contributed by atoms with Gasteiger partial charge in [-0.3, -0.25) is 0 Å². The Morgan fingerprint density at radius 3 is 2.50 bits per heavy atom. The monoisotopic (exact) mass is 646 g/mol. The van der Waals surface area contributed by atoms with Crippen molar-refractivity contribution < 1.29 is 19.0 Å². The lowest BCUT2D eigenvalue weighted by atomic mass is 9.96. The number of rotatable bonds is 4. The van der Waals surface area contributed by atoms with Crippen LogP contribution in [0.4, 0.5) is 21.0 Å². The second-order valence-electron chi connectivity index (χ2n) is 14.1. The van der Waals surface area contributed by atoms with Crippen molar-refractivity contribution in [3.8, 4) is 16.9 Å². The van der Waals surface area contributed by atoms with Crippen LogP contribution in [0, 0.1) is 5.82 Å². The fourth-order valence-electron chi connectivity index (χ4n) is 7.06. The molecule has 11 heteroatoms. The van der Waals surface area contributed by atoms with E-state index in [1.165, 1.54) is 0 Å². The molecule has 1 amide bonds. The number of aromatic hydroxyl groups is 1. The van der Waals surface area contributed by atoms with Crippen LogP contribution in [0.3, 0.4) is 0 Å². The lowest BCUT2D eigenvalue weighted by Gasteiger charge is -2.45. The lowest BCUT2D eigenvalue weighted by molar-refractivity contribution is 0.0123. The van der Waals surface area contributed by atoms with E-state index in [4.69, 9.17) is 26.3 Å². The molecule has 4 fully saturated rings. The molecule has 3 aromatic carbocycles. The fourth-order valence-corrected chi connectivity index (χ4v) is 7.35. The van der Waals surface area contributed by atoms with Crippen molar-refractivity contribution in [3.05, 3.63) is 53.3 Å². The van der Waals surface area contributed by atoms with E-state index in [2.05, 4.69) is 14.7 Å². The summed E-state index contributed by atoms with van der Waals surface area (Å²) in [5.41, 5.74) is 0.290. The van der Waals surface area contributed by atoms with E-state index in [9.17, 15) is 9.90 Å². The van der Waals surface area contributed by atoms with Gasteiger partial charge in [0.2, 0.25) is 5.95 Å². The second kappa shape index (κ2) is 11.4. The minimum atomic E-state index is -0.589. The van der Waals surface area contributed by atoms with Crippen molar-refractivity contribution in [1.82, 2.24) is 19.8 Å². The standard InChI is InChI=1S/C35H40ClFN6O3/c1-35(2,3)46-34(45)43-19-21-10-8-11-22(43)18-42(21)32-27-15-28(36)29(26-14-24(44)13-20-9-6-7-12-25(20)26)30(37)31(27)38-33(39-32)41-16-23(17-41)40(4)5/h6-7,9,12-15,21-23,44H,8,10-11,16-19H2,1-5H3. The van der Waals surface area contributed by atoms with Crippen LogP contribution in [0.5, 0.6) is 5.75 Å². The zero-order valence-electron chi connectivity index (χ0n) is 26.9. The van der Waals surface area contributed by atoms with Gasteiger partial charge in [-0.2, -0.15) is 4.98 Å². The molecule has 0 spiro atoms. The minimum absolute atomic E-state index is 0.0266. The highest BCUT2D eigenvalue weighted by Crippen LogP contribution is 2.44. The molecule has 4 aliphatic heterocycles. The van der Waals surface area contributed by atoms with Crippen LogP contribution in [-0.4, -0.2) is 95.0 Å². The molecule has 9 nitrogen and oxygen atoms in total. The van der Waals surface area contributed by atoms with Gasteiger partial charge in [-0.15, -0.1) is 0 Å². The van der Waals surface area contributed by atoms with Crippen molar-refractivity contribution in [1.29, 1.82) is 0 Å². The predicted octanol–water partition coefficient (Wildman–Crippen LogP) is 6.68. The number of phenols is 1. The Morgan fingerprint density at radius 2 is 1.76 bits per heavy atom. The first-order chi connectivity index (χ1) is 21.9. The van der Waals surface area contributed by atoms with Gasteiger partial charge in [0.1, 0.15) is 22.7 Å². The van der Waals surface area contributed by atoms with Gasteiger partial charge in [0.05, 0.1) is 11.1 Å². The van der Waals surface area contributed by atoms with Crippen LogP contribution >= 0.6 is 11.6 Å². The van der Waals surface area contributed by atoms with Crippen molar-refractivity contribution in [2.24, 2.45) is 0 Å². The number of aromatic nitrogens is 2. The Hall–Kier alpha value is -3.89. The van der Waals surface area contributed by atoms with Gasteiger partial charge in [-0.25, -0.2) is 14.2 Å². The van der Waals surface area contributed by atoms with E-state index in [1.807, 2.05) is 64.0 Å². The highest BCUT2D eigenvalue weighted by Gasteiger charge is 2.42. The van der Waals surface area contributed by atoms with Crippen LogP contribution in [0.15, 0.2) is 42.5 Å². The lowest BCUT2D eigenvalue weighted by Crippen LogP contribution is -2.59. The van der Waals surface area contributed by atoms with Gasteiger partial charge in [0.15, 0.2) is 5.82 Å². The molecule has 0 aliphatic carbocycles. The first-order valence-corrected chi connectivity index (χ1v) is 16.3. The molecule has 46 heavy (non-hydrogen) atoms. The molecule has 4 saturated heterocycles. The number of nitrogens with zero attached hydrogens (tertiary/aromatic N) is 6. The van der Waals surface area contributed by atoms with Crippen LogP contribution in [0.25, 0.3) is 32.8 Å². The van der Waals surface area contributed by atoms with Gasteiger partial charge in [-0.1, -0.05) is 35.9 Å². The first-order valence-electron chi connectivity index (χ1n) is 16.0. The van der Waals surface area contributed by atoms with Gasteiger partial charge in [0, 0.05) is 49.2 Å². The van der Waals surface area contributed by atoms with Crippen LogP contribution < -0.4 is 9.80 Å². The Morgan fingerprint density at radius 1 is 1.02 bits per heavy atom. The summed E-state index contributed by atoms with van der Waals surface area (Å²) >= 11 is 6.96. The zero-order chi connectivity index (χ0) is 32.5. The highest BCUT2D eigenvalue weighted by molar-refractivity contribution is 6.35. The molecular formula is C35H40ClFN6O3. The molecule has 0 saturated carbocycles. The number of piperazine rings is 1. The number of hydrogen-bond donors (Lipinski definition) is 1. The van der Waals surface area contributed by atoms with E-state index in [0.717, 1.165) is 43.1 Å². The summed E-state index contributed by atoms with van der Waals surface area (Å²) in [6, 6.07) is 12.8. The van der Waals surface area contributed by atoms with Gasteiger partial charge < -0.3 is 29.4 Å². The Bertz CT molecular complexity index is 1840. The molecule has 0 radical (unpaired) electrons. The van der Waals surface area contributed by atoms with Gasteiger partial charge in [-0.05, 0) is 88.7 Å². The van der Waals surface area contributed by atoms with E-state index in [0.29, 0.717) is 41.8 Å². The number of benzene rings is 3. The van der Waals surface area contributed by atoms with Crippen molar-refractivity contribution >= 4 is 51.1 Å². The van der Waals surface area contributed by atoms with E-state index in [-0.39, 0.29) is 40.0 Å². The maximum atomic E-state index is 17.0. The number of amides is 1. The molecule has 5 heterocycles. The Labute approximate surface area is 273 Å². The smallest absolute Gasteiger partial charge is 0.410 e. The topological polar surface area (TPSA) is 85.3 Å². The third-order valence-corrected chi connectivity index (χ3v) is 9.81. The van der Waals surface area contributed by atoms with Gasteiger partial charge >= 0.3 is 6.09 Å². The van der Waals surface area contributed by atoms with Gasteiger partial charge in [0.25, 0.3) is 0 Å².